The van der Waals surface area contributed by atoms with Gasteiger partial charge in [-0.25, -0.2) is 14.4 Å². The van der Waals surface area contributed by atoms with Crippen LogP contribution in [0.1, 0.15) is 22.4 Å². The summed E-state index contributed by atoms with van der Waals surface area (Å²) in [6.07, 6.45) is 0.460. The minimum atomic E-state index is -0.417. The molecule has 0 aliphatic heterocycles. The summed E-state index contributed by atoms with van der Waals surface area (Å²) in [6, 6.07) is 21.1. The van der Waals surface area contributed by atoms with Gasteiger partial charge < -0.3 is 14.8 Å². The Bertz CT molecular complexity index is 1520. The van der Waals surface area contributed by atoms with Gasteiger partial charge in [0.1, 0.15) is 23.9 Å². The first-order valence-electron chi connectivity index (χ1n) is 10.9. The molecule has 5 rings (SSSR count). The highest BCUT2D eigenvalue weighted by atomic mass is 35.5. The van der Waals surface area contributed by atoms with E-state index in [9.17, 15) is 9.50 Å². The number of pyridine rings is 1. The van der Waals surface area contributed by atoms with Crippen LogP contribution in [0.25, 0.3) is 22.6 Å². The van der Waals surface area contributed by atoms with Crippen LogP contribution in [-0.2, 0) is 19.6 Å². The van der Waals surface area contributed by atoms with Crippen molar-refractivity contribution in [2.75, 3.05) is 0 Å². The van der Waals surface area contributed by atoms with Gasteiger partial charge in [0, 0.05) is 33.3 Å². The molecule has 5 nitrogen and oxygen atoms in total. The Morgan fingerprint density at radius 3 is 2.54 bits per heavy atom. The van der Waals surface area contributed by atoms with Crippen molar-refractivity contribution in [1.29, 1.82) is 0 Å². The molecule has 5 aromatic rings. The number of fused-ring (bicyclic) bond motifs is 1. The molecule has 0 aliphatic rings. The first kappa shape index (κ1) is 23.3. The number of benzene rings is 3. The molecule has 176 valence electrons. The molecule has 2 N–H and O–H groups in total. The number of rotatable bonds is 7. The van der Waals surface area contributed by atoms with Gasteiger partial charge in [-0.1, -0.05) is 41.4 Å². The molecule has 2 aromatic heterocycles. The maximum Gasteiger partial charge on any atom is 0.157 e. The smallest absolute Gasteiger partial charge is 0.157 e. The van der Waals surface area contributed by atoms with Gasteiger partial charge in [-0.2, -0.15) is 0 Å². The minimum absolute atomic E-state index is 0.0350. The fourth-order valence-electron chi connectivity index (χ4n) is 3.80. The van der Waals surface area contributed by atoms with E-state index in [1.54, 1.807) is 24.3 Å². The molecule has 0 amide bonds. The van der Waals surface area contributed by atoms with Gasteiger partial charge in [0.05, 0.1) is 17.6 Å². The summed E-state index contributed by atoms with van der Waals surface area (Å²) in [4.78, 5) is 12.7. The number of aromatic amines is 1. The average Bonchev–Trinajstić information content (AvgIpc) is 3.28. The molecule has 8 heteroatoms. The lowest BCUT2D eigenvalue weighted by atomic mass is 10.1. The number of halogens is 3. The molecule has 3 aromatic carbocycles. The fourth-order valence-corrected chi connectivity index (χ4v) is 4.16. The van der Waals surface area contributed by atoms with Gasteiger partial charge in [0.2, 0.25) is 0 Å². The van der Waals surface area contributed by atoms with Crippen LogP contribution in [-0.4, -0.2) is 20.1 Å². The van der Waals surface area contributed by atoms with Gasteiger partial charge >= 0.3 is 0 Å². The summed E-state index contributed by atoms with van der Waals surface area (Å²) < 4.78 is 20.1. The average molecular weight is 508 g/mol. The highest BCUT2D eigenvalue weighted by Gasteiger charge is 2.12. The SMILES string of the molecule is OCc1ccc2nc(-c3cccc(Cc4cc(Cl)ccc4OCc4ccc(Cl)cc4F)n3)[nH]c2c1. The number of ether oxygens (including phenoxy) is 1. The van der Waals surface area contributed by atoms with Crippen molar-refractivity contribution in [2.24, 2.45) is 0 Å². The summed E-state index contributed by atoms with van der Waals surface area (Å²) in [5.74, 6) is 0.813. The lowest BCUT2D eigenvalue weighted by molar-refractivity contribution is 0.282. The van der Waals surface area contributed by atoms with Crippen molar-refractivity contribution < 1.29 is 14.2 Å². The summed E-state index contributed by atoms with van der Waals surface area (Å²) in [6.45, 7) is 0.0205. The van der Waals surface area contributed by atoms with Crippen molar-refractivity contribution >= 4 is 34.2 Å². The summed E-state index contributed by atoms with van der Waals surface area (Å²) >= 11 is 12.1. The Morgan fingerprint density at radius 2 is 1.71 bits per heavy atom. The molecule has 0 saturated carbocycles. The Labute approximate surface area is 211 Å². The molecule has 0 spiro atoms. The molecule has 0 radical (unpaired) electrons. The first-order chi connectivity index (χ1) is 17.0. The van der Waals surface area contributed by atoms with Crippen LogP contribution in [0.5, 0.6) is 5.75 Å². The zero-order valence-electron chi connectivity index (χ0n) is 18.4. The third-order valence-corrected chi connectivity index (χ3v) is 6.04. The number of aromatic nitrogens is 3. The zero-order valence-corrected chi connectivity index (χ0v) is 19.9. The third kappa shape index (κ3) is 5.30. The summed E-state index contributed by atoms with van der Waals surface area (Å²) in [7, 11) is 0. The molecule has 0 unspecified atom stereocenters. The third-order valence-electron chi connectivity index (χ3n) is 5.57. The normalized spacial score (nSPS) is 11.2. The van der Waals surface area contributed by atoms with E-state index in [0.29, 0.717) is 39.3 Å². The highest BCUT2D eigenvalue weighted by Crippen LogP contribution is 2.28. The second-order valence-electron chi connectivity index (χ2n) is 8.06. The number of aliphatic hydroxyl groups is 1. The van der Waals surface area contributed by atoms with E-state index in [1.807, 2.05) is 42.5 Å². The largest absolute Gasteiger partial charge is 0.489 e. The Balaban J connectivity index is 1.39. The molecule has 0 saturated heterocycles. The molecule has 2 heterocycles. The van der Waals surface area contributed by atoms with E-state index >= 15 is 0 Å². The molecular weight excluding hydrogens is 488 g/mol. The van der Waals surface area contributed by atoms with E-state index in [4.69, 9.17) is 32.9 Å². The Kier molecular flexibility index (Phi) is 6.68. The number of H-pyrrole nitrogens is 1. The van der Waals surface area contributed by atoms with Crippen LogP contribution in [0, 0.1) is 5.82 Å². The topological polar surface area (TPSA) is 71.0 Å². The predicted molar refractivity (Wildman–Crippen MR) is 135 cm³/mol. The van der Waals surface area contributed by atoms with Crippen molar-refractivity contribution in [2.45, 2.75) is 19.6 Å². The molecule has 0 aliphatic carbocycles. The number of aliphatic hydroxyl groups excluding tert-OH is 1. The standard InChI is InChI=1S/C27H20Cl2FN3O2/c28-19-7-9-26(35-15-17-5-6-20(29)13-22(17)30)18(11-19)12-21-2-1-3-24(31-21)27-32-23-8-4-16(14-34)10-25(23)33-27/h1-11,13,34H,12,14-15H2,(H,32,33). The van der Waals surface area contributed by atoms with Crippen molar-refractivity contribution in [3.8, 4) is 17.3 Å². The molecule has 0 atom stereocenters. The highest BCUT2D eigenvalue weighted by molar-refractivity contribution is 6.30. The Morgan fingerprint density at radius 1 is 0.886 bits per heavy atom. The lowest BCUT2D eigenvalue weighted by Gasteiger charge is -2.13. The van der Waals surface area contributed by atoms with Crippen LogP contribution >= 0.6 is 23.2 Å². The molecule has 0 fully saturated rings. The van der Waals surface area contributed by atoms with Gasteiger partial charge in [-0.05, 0) is 60.2 Å². The number of hydrogen-bond acceptors (Lipinski definition) is 4. The fraction of sp³-hybridized carbons (Fsp3) is 0.111. The van der Waals surface area contributed by atoms with E-state index in [1.165, 1.54) is 6.07 Å². The summed E-state index contributed by atoms with van der Waals surface area (Å²) in [5.41, 5.74) is 5.16. The van der Waals surface area contributed by atoms with Crippen LogP contribution in [0.4, 0.5) is 4.39 Å². The van der Waals surface area contributed by atoms with Gasteiger partial charge in [0.25, 0.3) is 0 Å². The van der Waals surface area contributed by atoms with E-state index < -0.39 is 5.82 Å². The van der Waals surface area contributed by atoms with Crippen LogP contribution in [0.3, 0.4) is 0 Å². The molecular formula is C27H20Cl2FN3O2. The van der Waals surface area contributed by atoms with Crippen molar-refractivity contribution in [1.82, 2.24) is 15.0 Å². The second kappa shape index (κ2) is 10.0. The van der Waals surface area contributed by atoms with Crippen molar-refractivity contribution in [3.63, 3.8) is 0 Å². The van der Waals surface area contributed by atoms with E-state index in [2.05, 4.69) is 9.97 Å². The van der Waals surface area contributed by atoms with Gasteiger partial charge in [-0.15, -0.1) is 0 Å². The maximum absolute atomic E-state index is 14.2. The van der Waals surface area contributed by atoms with E-state index in [0.717, 1.165) is 27.9 Å². The lowest BCUT2D eigenvalue weighted by Crippen LogP contribution is -2.02. The molecule has 35 heavy (non-hydrogen) atoms. The van der Waals surface area contributed by atoms with Gasteiger partial charge in [0.15, 0.2) is 5.82 Å². The van der Waals surface area contributed by atoms with Crippen LogP contribution in [0.15, 0.2) is 72.8 Å². The Hall–Kier alpha value is -3.45. The zero-order chi connectivity index (χ0) is 24.4. The quantitative estimate of drug-likeness (QED) is 0.256. The van der Waals surface area contributed by atoms with Gasteiger partial charge in [-0.3, -0.25) is 0 Å². The first-order valence-corrected chi connectivity index (χ1v) is 11.6. The number of nitrogens with one attached hydrogen (secondary N) is 1. The monoisotopic (exact) mass is 507 g/mol. The minimum Gasteiger partial charge on any atom is -0.489 e. The number of imidazole rings is 1. The van der Waals surface area contributed by atoms with Crippen LogP contribution < -0.4 is 4.74 Å². The van der Waals surface area contributed by atoms with E-state index in [-0.39, 0.29) is 13.2 Å². The van der Waals surface area contributed by atoms with Crippen molar-refractivity contribution in [3.05, 3.63) is 111 Å². The summed E-state index contributed by atoms with van der Waals surface area (Å²) in [5, 5.41) is 10.3. The number of hydrogen-bond donors (Lipinski definition) is 2. The number of nitrogens with zero attached hydrogens (tertiary/aromatic N) is 2. The second-order valence-corrected chi connectivity index (χ2v) is 8.94. The van der Waals surface area contributed by atoms with Crippen LogP contribution in [0.2, 0.25) is 10.0 Å². The molecule has 0 bridgehead atoms. The predicted octanol–water partition coefficient (Wildman–Crippen LogP) is 6.73. The maximum atomic E-state index is 14.2.